The molecule has 0 fully saturated rings. The van der Waals surface area contributed by atoms with Crippen LogP contribution in [0.15, 0.2) is 65.8 Å². The van der Waals surface area contributed by atoms with Crippen molar-refractivity contribution in [3.8, 4) is 17.2 Å². The molecule has 0 atom stereocenters. The Kier molecular flexibility index (Phi) is 13.3. The number of amides is 1. The van der Waals surface area contributed by atoms with Crippen LogP contribution < -0.4 is 28.7 Å². The standard InChI is InChI=1S/C35H39ClF4N6O7S/c1-35(2,3)53-34(47)45(5)13-12-44(4)29-14-24(52-32(39)40)10-11-27(29)43-28-17-26(38)31(16-25(28)36)54(48,49)46(33-41-18-22(37)19-42-33)20-21-8-9-23(50-6)15-30(21)51-7/h8-11,14-19,32,43H,12-13,20H2,1-7H3. The van der Waals surface area contributed by atoms with Crippen molar-refractivity contribution in [1.82, 2.24) is 14.9 Å². The SMILES string of the molecule is COc1ccc(CN(c2ncc(F)cn2)S(=O)(=O)c2cc(Cl)c(Nc3ccc(OC(F)F)cc3N(C)CCN(C)C(=O)OC(C)(C)C)cc2F)c(OC)c1. The molecule has 0 radical (unpaired) electrons. The smallest absolute Gasteiger partial charge is 0.410 e. The molecule has 0 spiro atoms. The second kappa shape index (κ2) is 17.3. The maximum Gasteiger partial charge on any atom is 0.410 e. The van der Waals surface area contributed by atoms with E-state index in [0.29, 0.717) is 15.6 Å². The van der Waals surface area contributed by atoms with Gasteiger partial charge in [-0.05, 0) is 51.1 Å². The number of nitrogens with one attached hydrogen (secondary N) is 1. The van der Waals surface area contributed by atoms with E-state index >= 15 is 4.39 Å². The number of benzene rings is 3. The van der Waals surface area contributed by atoms with Gasteiger partial charge in [0.2, 0.25) is 5.95 Å². The minimum absolute atomic E-state index is 0.0856. The Bertz CT molecular complexity index is 2060. The van der Waals surface area contributed by atoms with Gasteiger partial charge < -0.3 is 34.1 Å². The first-order chi connectivity index (χ1) is 25.3. The lowest BCUT2D eigenvalue weighted by Gasteiger charge is -2.28. The molecule has 54 heavy (non-hydrogen) atoms. The molecule has 3 aromatic carbocycles. The molecule has 1 aromatic heterocycles. The van der Waals surface area contributed by atoms with E-state index in [1.807, 2.05) is 0 Å². The maximum atomic E-state index is 16.0. The number of carbonyl (C=O) groups excluding carboxylic acids is 1. The average Bonchev–Trinajstić information content (AvgIpc) is 3.10. The van der Waals surface area contributed by atoms with Gasteiger partial charge in [0.1, 0.15) is 33.6 Å². The molecule has 0 unspecified atom stereocenters. The highest BCUT2D eigenvalue weighted by molar-refractivity contribution is 7.92. The molecule has 19 heteroatoms. The molecule has 0 bridgehead atoms. The van der Waals surface area contributed by atoms with Crippen LogP contribution >= 0.6 is 11.6 Å². The first kappa shape index (κ1) is 41.5. The Balaban J connectivity index is 1.69. The fourth-order valence-electron chi connectivity index (χ4n) is 4.88. The molecule has 1 heterocycles. The number of anilines is 4. The lowest BCUT2D eigenvalue weighted by atomic mass is 10.2. The highest BCUT2D eigenvalue weighted by Gasteiger charge is 2.32. The summed E-state index contributed by atoms with van der Waals surface area (Å²) in [7, 11) is 1.11. The Hall–Kier alpha value is -5.23. The molecular formula is C35H39ClF4N6O7S. The molecule has 1 amide bonds. The third kappa shape index (κ3) is 10.5. The van der Waals surface area contributed by atoms with Gasteiger partial charge in [-0.1, -0.05) is 11.6 Å². The molecule has 0 aliphatic rings. The summed E-state index contributed by atoms with van der Waals surface area (Å²) in [6, 6.07) is 10.3. The number of carbonyl (C=O) groups is 1. The van der Waals surface area contributed by atoms with E-state index in [1.54, 1.807) is 38.8 Å². The van der Waals surface area contributed by atoms with Gasteiger partial charge in [-0.15, -0.1) is 0 Å². The lowest BCUT2D eigenvalue weighted by Crippen LogP contribution is -2.38. The molecular weight excluding hydrogens is 760 g/mol. The maximum absolute atomic E-state index is 16.0. The predicted molar refractivity (Wildman–Crippen MR) is 195 cm³/mol. The van der Waals surface area contributed by atoms with Crippen LogP contribution in [0.3, 0.4) is 0 Å². The summed E-state index contributed by atoms with van der Waals surface area (Å²) >= 11 is 6.57. The second-order valence-electron chi connectivity index (χ2n) is 12.7. The molecule has 0 aliphatic heterocycles. The molecule has 4 rings (SSSR count). The molecule has 1 N–H and O–H groups in total. The van der Waals surface area contributed by atoms with Crippen molar-refractivity contribution in [3.63, 3.8) is 0 Å². The monoisotopic (exact) mass is 798 g/mol. The third-order valence-electron chi connectivity index (χ3n) is 7.58. The van der Waals surface area contributed by atoms with Crippen LogP contribution in [-0.4, -0.2) is 83.0 Å². The summed E-state index contributed by atoms with van der Waals surface area (Å²) in [6.07, 6.45) is 0.941. The molecule has 0 saturated heterocycles. The Morgan fingerprint density at radius 3 is 2.20 bits per heavy atom. The average molecular weight is 799 g/mol. The number of rotatable bonds is 15. The first-order valence-electron chi connectivity index (χ1n) is 16.0. The van der Waals surface area contributed by atoms with Gasteiger partial charge in [-0.25, -0.2) is 36.3 Å². The topological polar surface area (TPSA) is 136 Å². The van der Waals surface area contributed by atoms with Crippen molar-refractivity contribution in [2.75, 3.05) is 55.9 Å². The number of nitrogens with zero attached hydrogens (tertiary/aromatic N) is 5. The number of ether oxygens (including phenoxy) is 4. The molecule has 0 aliphatic carbocycles. The van der Waals surface area contributed by atoms with Crippen molar-refractivity contribution in [3.05, 3.63) is 83.1 Å². The molecule has 4 aromatic rings. The van der Waals surface area contributed by atoms with Crippen molar-refractivity contribution >= 4 is 50.7 Å². The van der Waals surface area contributed by atoms with Crippen LogP contribution in [0.2, 0.25) is 5.02 Å². The summed E-state index contributed by atoms with van der Waals surface area (Å²) in [5.41, 5.74) is 0.0248. The summed E-state index contributed by atoms with van der Waals surface area (Å²) in [4.78, 5) is 22.2. The van der Waals surface area contributed by atoms with Crippen LogP contribution in [0.1, 0.15) is 26.3 Å². The summed E-state index contributed by atoms with van der Waals surface area (Å²) in [5, 5.41) is 2.68. The fourth-order valence-corrected chi connectivity index (χ4v) is 6.58. The number of likely N-dealkylation sites (N-methyl/N-ethyl adjacent to an activating group) is 2. The van der Waals surface area contributed by atoms with E-state index in [4.69, 9.17) is 25.8 Å². The highest BCUT2D eigenvalue weighted by Crippen LogP contribution is 2.38. The van der Waals surface area contributed by atoms with Gasteiger partial charge in [-0.3, -0.25) is 0 Å². The minimum Gasteiger partial charge on any atom is -0.497 e. The van der Waals surface area contributed by atoms with Crippen molar-refractivity contribution in [2.24, 2.45) is 0 Å². The van der Waals surface area contributed by atoms with E-state index < -0.39 is 57.4 Å². The van der Waals surface area contributed by atoms with Gasteiger partial charge in [0.25, 0.3) is 10.0 Å². The van der Waals surface area contributed by atoms with Crippen molar-refractivity contribution in [1.29, 1.82) is 0 Å². The Morgan fingerprint density at radius 1 is 0.926 bits per heavy atom. The fraction of sp³-hybridized carbons (Fsp3) is 0.343. The largest absolute Gasteiger partial charge is 0.497 e. The third-order valence-corrected chi connectivity index (χ3v) is 9.63. The number of hydrogen-bond acceptors (Lipinski definition) is 11. The number of sulfonamides is 1. The summed E-state index contributed by atoms with van der Waals surface area (Å²) in [6.45, 7) is 1.93. The minimum atomic E-state index is -4.85. The zero-order valence-electron chi connectivity index (χ0n) is 30.4. The molecule has 292 valence electrons. The zero-order chi connectivity index (χ0) is 40.0. The van der Waals surface area contributed by atoms with Gasteiger partial charge in [0, 0.05) is 50.9 Å². The van der Waals surface area contributed by atoms with Crippen LogP contribution in [-0.2, 0) is 21.3 Å². The van der Waals surface area contributed by atoms with E-state index in [0.717, 1.165) is 24.5 Å². The van der Waals surface area contributed by atoms with E-state index in [1.165, 1.54) is 56.5 Å². The van der Waals surface area contributed by atoms with Crippen LogP contribution in [0.25, 0.3) is 0 Å². The van der Waals surface area contributed by atoms with Crippen LogP contribution in [0.4, 0.5) is 45.4 Å². The lowest BCUT2D eigenvalue weighted by molar-refractivity contribution is -0.0498. The Labute approximate surface area is 315 Å². The van der Waals surface area contributed by atoms with E-state index in [-0.39, 0.29) is 46.7 Å². The number of alkyl halides is 2. The zero-order valence-corrected chi connectivity index (χ0v) is 31.9. The van der Waals surface area contributed by atoms with Crippen molar-refractivity contribution < 1.29 is 49.7 Å². The van der Waals surface area contributed by atoms with Gasteiger partial charge in [0.05, 0.1) is 55.2 Å². The summed E-state index contributed by atoms with van der Waals surface area (Å²) < 4.78 is 106. The normalized spacial score (nSPS) is 11.6. The first-order valence-corrected chi connectivity index (χ1v) is 17.9. The van der Waals surface area contributed by atoms with Gasteiger partial charge in [-0.2, -0.15) is 8.78 Å². The van der Waals surface area contributed by atoms with Gasteiger partial charge in [0.15, 0.2) is 5.82 Å². The van der Waals surface area contributed by atoms with Crippen LogP contribution in [0, 0.1) is 11.6 Å². The Morgan fingerprint density at radius 2 is 1.59 bits per heavy atom. The quantitative estimate of drug-likeness (QED) is 0.120. The number of aromatic nitrogens is 2. The molecule has 13 nitrogen and oxygen atoms in total. The van der Waals surface area contributed by atoms with E-state index in [2.05, 4.69) is 20.0 Å². The highest BCUT2D eigenvalue weighted by atomic mass is 35.5. The number of hydrogen-bond donors (Lipinski definition) is 1. The second-order valence-corrected chi connectivity index (χ2v) is 14.9. The number of methoxy groups -OCH3 is 2. The summed E-state index contributed by atoms with van der Waals surface area (Å²) in [5.74, 6) is -2.07. The van der Waals surface area contributed by atoms with Crippen LogP contribution in [0.5, 0.6) is 17.2 Å². The van der Waals surface area contributed by atoms with Gasteiger partial charge >= 0.3 is 12.7 Å². The van der Waals surface area contributed by atoms with E-state index in [9.17, 15) is 26.4 Å². The number of halogens is 5. The molecule has 0 saturated carbocycles. The van der Waals surface area contributed by atoms with Crippen molar-refractivity contribution in [2.45, 2.75) is 44.4 Å². The predicted octanol–water partition coefficient (Wildman–Crippen LogP) is 7.47.